The molecule has 1 aliphatic carbocycles. The number of nitrogens with zero attached hydrogens (tertiary/aromatic N) is 1. The Balaban J connectivity index is 2.34. The minimum Gasteiger partial charge on any atom is -0.481 e. The average molecular weight is 298 g/mol. The first-order valence-corrected chi connectivity index (χ1v) is 8.09. The molecule has 0 aliphatic heterocycles. The van der Waals surface area contributed by atoms with Gasteiger partial charge >= 0.3 is 12.0 Å². The van der Waals surface area contributed by atoms with E-state index < -0.39 is 5.97 Å². The van der Waals surface area contributed by atoms with Gasteiger partial charge in [0.2, 0.25) is 0 Å². The predicted octanol–water partition coefficient (Wildman–Crippen LogP) is 2.96. The average Bonchev–Trinajstić information content (AvgIpc) is 2.86. The van der Waals surface area contributed by atoms with Gasteiger partial charge in [0.05, 0.1) is 0 Å². The summed E-state index contributed by atoms with van der Waals surface area (Å²) in [4.78, 5) is 24.7. The maximum atomic E-state index is 12.1. The molecule has 2 N–H and O–H groups in total. The van der Waals surface area contributed by atoms with E-state index in [9.17, 15) is 9.59 Å². The van der Waals surface area contributed by atoms with E-state index >= 15 is 0 Å². The predicted molar refractivity (Wildman–Crippen MR) is 83.2 cm³/mol. The monoisotopic (exact) mass is 298 g/mol. The molecule has 1 rings (SSSR count). The Labute approximate surface area is 128 Å². The van der Waals surface area contributed by atoms with Gasteiger partial charge in [-0.05, 0) is 37.0 Å². The molecule has 0 radical (unpaired) electrons. The summed E-state index contributed by atoms with van der Waals surface area (Å²) in [6, 6.07) is -0.0824. The number of hydrogen-bond donors (Lipinski definition) is 2. The summed E-state index contributed by atoms with van der Waals surface area (Å²) in [7, 11) is 1.82. The van der Waals surface area contributed by atoms with Crippen LogP contribution in [0.25, 0.3) is 0 Å². The van der Waals surface area contributed by atoms with Gasteiger partial charge in [0, 0.05) is 26.6 Å². The van der Waals surface area contributed by atoms with Crippen LogP contribution in [-0.4, -0.2) is 42.1 Å². The van der Waals surface area contributed by atoms with Crippen LogP contribution in [0.15, 0.2) is 0 Å². The van der Waals surface area contributed by atoms with Crippen molar-refractivity contribution >= 4 is 12.0 Å². The molecule has 0 aromatic heterocycles. The number of urea groups is 1. The van der Waals surface area contributed by atoms with Gasteiger partial charge in [-0.25, -0.2) is 4.79 Å². The number of rotatable bonds is 8. The normalized spacial score (nSPS) is 17.0. The van der Waals surface area contributed by atoms with Gasteiger partial charge in [0.25, 0.3) is 0 Å². The van der Waals surface area contributed by atoms with Gasteiger partial charge in [-0.1, -0.05) is 26.7 Å². The Morgan fingerprint density at radius 3 is 2.43 bits per heavy atom. The second-order valence-corrected chi connectivity index (χ2v) is 6.81. The molecule has 0 heterocycles. The molecule has 5 nitrogen and oxygen atoms in total. The molecular formula is C16H30N2O3. The van der Waals surface area contributed by atoms with E-state index in [1.54, 1.807) is 4.90 Å². The quantitative estimate of drug-likeness (QED) is 0.724. The van der Waals surface area contributed by atoms with Crippen LogP contribution in [0.2, 0.25) is 0 Å². The zero-order valence-electron chi connectivity index (χ0n) is 13.6. The van der Waals surface area contributed by atoms with Gasteiger partial charge in [-0.15, -0.1) is 0 Å². The Morgan fingerprint density at radius 1 is 1.29 bits per heavy atom. The molecule has 1 fully saturated rings. The summed E-state index contributed by atoms with van der Waals surface area (Å²) >= 11 is 0. The molecule has 0 aromatic carbocycles. The van der Waals surface area contributed by atoms with Crippen molar-refractivity contribution < 1.29 is 14.7 Å². The van der Waals surface area contributed by atoms with Gasteiger partial charge in [-0.3, -0.25) is 4.79 Å². The highest BCUT2D eigenvalue weighted by molar-refractivity contribution is 5.74. The Hall–Kier alpha value is -1.26. The number of hydrogen-bond acceptors (Lipinski definition) is 2. The van der Waals surface area contributed by atoms with E-state index in [1.807, 2.05) is 7.05 Å². The maximum Gasteiger partial charge on any atom is 0.317 e. The smallest absolute Gasteiger partial charge is 0.317 e. The third-order valence-electron chi connectivity index (χ3n) is 4.16. The summed E-state index contributed by atoms with van der Waals surface area (Å²) in [5.74, 6) is 0.272. The second kappa shape index (κ2) is 8.90. The SMILES string of the molecule is CC(C)CC(CNC(=O)N(C)CC1CCCC1)CC(=O)O. The van der Waals surface area contributed by atoms with Gasteiger partial charge in [0.15, 0.2) is 0 Å². The summed E-state index contributed by atoms with van der Waals surface area (Å²) < 4.78 is 0. The van der Waals surface area contributed by atoms with Crippen molar-refractivity contribution in [2.45, 2.75) is 52.4 Å². The molecule has 0 bridgehead atoms. The van der Waals surface area contributed by atoms with Crippen molar-refractivity contribution in [1.82, 2.24) is 10.2 Å². The summed E-state index contributed by atoms with van der Waals surface area (Å²) in [5, 5.41) is 11.8. The van der Waals surface area contributed by atoms with Crippen molar-refractivity contribution in [3.8, 4) is 0 Å². The van der Waals surface area contributed by atoms with Crippen LogP contribution in [0, 0.1) is 17.8 Å². The molecule has 1 aliphatic rings. The van der Waals surface area contributed by atoms with Crippen LogP contribution < -0.4 is 5.32 Å². The minimum atomic E-state index is -0.797. The Morgan fingerprint density at radius 2 is 1.90 bits per heavy atom. The van der Waals surface area contributed by atoms with Gasteiger partial charge < -0.3 is 15.3 Å². The molecule has 5 heteroatoms. The summed E-state index contributed by atoms with van der Waals surface area (Å²) in [5.41, 5.74) is 0. The fourth-order valence-corrected chi connectivity index (χ4v) is 3.18. The lowest BCUT2D eigenvalue weighted by Crippen LogP contribution is -2.41. The van der Waals surface area contributed by atoms with Crippen molar-refractivity contribution in [3.05, 3.63) is 0 Å². The summed E-state index contributed by atoms with van der Waals surface area (Å²) in [6.07, 6.45) is 5.91. The van der Waals surface area contributed by atoms with Crippen LogP contribution in [0.3, 0.4) is 0 Å². The zero-order chi connectivity index (χ0) is 15.8. The lowest BCUT2D eigenvalue weighted by molar-refractivity contribution is -0.138. The van der Waals surface area contributed by atoms with Crippen LogP contribution >= 0.6 is 0 Å². The molecule has 0 aromatic rings. The highest BCUT2D eigenvalue weighted by atomic mass is 16.4. The van der Waals surface area contributed by atoms with Crippen molar-refractivity contribution in [2.75, 3.05) is 20.1 Å². The standard InChI is InChI=1S/C16H30N2O3/c1-12(2)8-14(9-15(19)20)10-17-16(21)18(3)11-13-6-4-5-7-13/h12-14H,4-11H2,1-3H3,(H,17,21)(H,19,20). The first kappa shape index (κ1) is 17.8. The van der Waals surface area contributed by atoms with Crippen LogP contribution in [0.5, 0.6) is 0 Å². The Kier molecular flexibility index (Phi) is 7.54. The molecule has 2 amide bonds. The highest BCUT2D eigenvalue weighted by Crippen LogP contribution is 2.25. The Bertz CT molecular complexity index is 338. The molecule has 0 spiro atoms. The molecule has 1 saturated carbocycles. The number of nitrogens with one attached hydrogen (secondary N) is 1. The number of aliphatic carboxylic acids is 1. The number of amides is 2. The maximum absolute atomic E-state index is 12.1. The van der Waals surface area contributed by atoms with Crippen molar-refractivity contribution in [1.29, 1.82) is 0 Å². The zero-order valence-corrected chi connectivity index (χ0v) is 13.6. The summed E-state index contributed by atoms with van der Waals surface area (Å²) in [6.45, 7) is 5.39. The van der Waals surface area contributed by atoms with Crippen molar-refractivity contribution in [2.24, 2.45) is 17.8 Å². The highest BCUT2D eigenvalue weighted by Gasteiger charge is 2.21. The lowest BCUT2D eigenvalue weighted by Gasteiger charge is -2.23. The molecule has 1 atom stereocenters. The third-order valence-corrected chi connectivity index (χ3v) is 4.16. The minimum absolute atomic E-state index is 0.00586. The lowest BCUT2D eigenvalue weighted by atomic mass is 9.94. The van der Waals surface area contributed by atoms with Crippen LogP contribution in [-0.2, 0) is 4.79 Å². The van der Waals surface area contributed by atoms with Gasteiger partial charge in [0.1, 0.15) is 0 Å². The van der Waals surface area contributed by atoms with Crippen LogP contribution in [0.1, 0.15) is 52.4 Å². The topological polar surface area (TPSA) is 69.6 Å². The van der Waals surface area contributed by atoms with Crippen LogP contribution in [0.4, 0.5) is 4.79 Å². The second-order valence-electron chi connectivity index (χ2n) is 6.81. The fraction of sp³-hybridized carbons (Fsp3) is 0.875. The third kappa shape index (κ3) is 7.34. The number of carbonyl (C=O) groups excluding carboxylic acids is 1. The molecule has 21 heavy (non-hydrogen) atoms. The van der Waals surface area contributed by atoms with E-state index in [1.165, 1.54) is 25.7 Å². The molecular weight excluding hydrogens is 268 g/mol. The van der Waals surface area contributed by atoms with E-state index in [-0.39, 0.29) is 18.4 Å². The first-order chi connectivity index (χ1) is 9.88. The number of carboxylic acids is 1. The molecule has 0 saturated heterocycles. The van der Waals surface area contributed by atoms with E-state index in [4.69, 9.17) is 5.11 Å². The van der Waals surface area contributed by atoms with Gasteiger partial charge in [-0.2, -0.15) is 0 Å². The number of carboxylic acid groups (broad SMARTS) is 1. The fourth-order valence-electron chi connectivity index (χ4n) is 3.18. The molecule has 122 valence electrons. The van der Waals surface area contributed by atoms with E-state index in [0.717, 1.165) is 13.0 Å². The largest absolute Gasteiger partial charge is 0.481 e. The van der Waals surface area contributed by atoms with E-state index in [0.29, 0.717) is 18.4 Å². The van der Waals surface area contributed by atoms with Crippen molar-refractivity contribution in [3.63, 3.8) is 0 Å². The number of carbonyl (C=O) groups is 2. The molecule has 1 unspecified atom stereocenters. The van der Waals surface area contributed by atoms with E-state index in [2.05, 4.69) is 19.2 Å². The first-order valence-electron chi connectivity index (χ1n) is 8.09.